The molecule has 1 aromatic rings. The van der Waals surface area contributed by atoms with Crippen LogP contribution in [-0.4, -0.2) is 14.6 Å². The Balaban J connectivity index is 2.88. The molecular weight excluding hydrogens is 241 g/mol. The molecule has 0 aliphatic carbocycles. The summed E-state index contributed by atoms with van der Waals surface area (Å²) in [5, 5.41) is 0. The zero-order valence-corrected chi connectivity index (χ0v) is 9.11. The number of rotatable bonds is 3. The molecule has 6 heteroatoms. The van der Waals surface area contributed by atoms with Crippen LogP contribution in [0, 0.1) is 6.26 Å². The van der Waals surface area contributed by atoms with Crippen molar-refractivity contribution in [1.29, 1.82) is 0 Å². The van der Waals surface area contributed by atoms with Crippen molar-refractivity contribution >= 4 is 9.84 Å². The summed E-state index contributed by atoms with van der Waals surface area (Å²) in [6, 6.07) is 5.41. The smallest absolute Gasteiger partial charge is 0.228 e. The summed E-state index contributed by atoms with van der Waals surface area (Å²) in [6.07, 6.45) is -2.43. The minimum Gasteiger partial charge on any atom is -0.228 e. The summed E-state index contributed by atoms with van der Waals surface area (Å²) < 4.78 is 58.0. The van der Waals surface area contributed by atoms with Crippen molar-refractivity contribution in [3.8, 4) is 0 Å². The van der Waals surface area contributed by atoms with Gasteiger partial charge in [0, 0.05) is 0 Å². The minimum absolute atomic E-state index is 0.0497. The van der Waals surface area contributed by atoms with Gasteiger partial charge < -0.3 is 0 Å². The van der Waals surface area contributed by atoms with Crippen LogP contribution in [0.2, 0.25) is 0 Å². The maximum absolute atomic E-state index is 12.1. The van der Waals surface area contributed by atoms with Crippen molar-refractivity contribution in [1.82, 2.24) is 0 Å². The van der Waals surface area contributed by atoms with Crippen LogP contribution < -0.4 is 0 Å². The third-order valence-electron chi connectivity index (χ3n) is 1.78. The van der Waals surface area contributed by atoms with Gasteiger partial charge in [-0.3, -0.25) is 0 Å². The fraction of sp³-hybridized carbons (Fsp3) is 0.300. The Morgan fingerprint density at radius 3 is 2.25 bits per heavy atom. The monoisotopic (exact) mass is 251 g/mol. The molecule has 0 aliphatic rings. The molecule has 0 aliphatic heterocycles. The van der Waals surface area contributed by atoms with E-state index in [9.17, 15) is 21.6 Å². The molecule has 1 aromatic carbocycles. The summed E-state index contributed by atoms with van der Waals surface area (Å²) in [7, 11) is -3.47. The molecule has 0 saturated heterocycles. The Morgan fingerprint density at radius 1 is 1.19 bits per heavy atom. The lowest BCUT2D eigenvalue weighted by atomic mass is 10.1. The lowest BCUT2D eigenvalue weighted by Gasteiger charge is -2.07. The fourth-order valence-corrected chi connectivity index (χ4v) is 2.00. The van der Waals surface area contributed by atoms with E-state index in [1.54, 1.807) is 0 Å². The molecule has 0 N–H and O–H groups in total. The summed E-state index contributed by atoms with van der Waals surface area (Å²) >= 11 is 0. The molecule has 1 radical (unpaired) electrons. The van der Waals surface area contributed by atoms with Gasteiger partial charge in [0.2, 0.25) is 0 Å². The van der Waals surface area contributed by atoms with Crippen molar-refractivity contribution < 1.29 is 21.6 Å². The Hall–Kier alpha value is -1.04. The van der Waals surface area contributed by atoms with Crippen molar-refractivity contribution in [2.75, 3.05) is 0 Å². The molecule has 0 amide bonds. The number of alkyl halides is 3. The Morgan fingerprint density at radius 2 is 1.75 bits per heavy atom. The van der Waals surface area contributed by atoms with Gasteiger partial charge in [-0.15, -0.1) is 0 Å². The maximum atomic E-state index is 12.1. The predicted octanol–water partition coefficient (Wildman–Crippen LogP) is 2.50. The zero-order chi connectivity index (χ0) is 12.4. The number of hydrogen-bond acceptors (Lipinski definition) is 2. The van der Waals surface area contributed by atoms with Crippen LogP contribution in [0.5, 0.6) is 0 Å². The van der Waals surface area contributed by atoms with E-state index in [0.29, 0.717) is 5.56 Å². The molecular formula is C10H10F3O2S. The first kappa shape index (κ1) is 13.0. The third kappa shape index (κ3) is 5.16. The van der Waals surface area contributed by atoms with Gasteiger partial charge in [-0.1, -0.05) is 24.3 Å². The minimum atomic E-state index is -4.29. The SMILES string of the molecule is [CH2]S(=O)(=O)Cc1cccc(CC(F)(F)F)c1. The van der Waals surface area contributed by atoms with Crippen LogP contribution in [-0.2, 0) is 22.0 Å². The van der Waals surface area contributed by atoms with E-state index in [0.717, 1.165) is 0 Å². The second-order valence-corrected chi connectivity index (χ2v) is 5.28. The second kappa shape index (κ2) is 4.45. The fourth-order valence-electron chi connectivity index (χ4n) is 1.31. The van der Waals surface area contributed by atoms with E-state index in [1.165, 1.54) is 24.3 Å². The van der Waals surface area contributed by atoms with Crippen molar-refractivity contribution in [2.24, 2.45) is 0 Å². The van der Waals surface area contributed by atoms with Gasteiger partial charge in [0.05, 0.1) is 18.4 Å². The third-order valence-corrected chi connectivity index (χ3v) is 2.56. The molecule has 0 aromatic heterocycles. The van der Waals surface area contributed by atoms with Crippen LogP contribution >= 0.6 is 0 Å². The molecule has 1 rings (SSSR count). The van der Waals surface area contributed by atoms with Gasteiger partial charge in [0.25, 0.3) is 0 Å². The average molecular weight is 251 g/mol. The Kier molecular flexibility index (Phi) is 3.62. The quantitative estimate of drug-likeness (QED) is 0.827. The molecule has 89 valence electrons. The number of sulfone groups is 1. The van der Waals surface area contributed by atoms with Crippen molar-refractivity contribution in [3.63, 3.8) is 0 Å². The van der Waals surface area contributed by atoms with Crippen LogP contribution in [0.3, 0.4) is 0 Å². The van der Waals surface area contributed by atoms with Crippen LogP contribution in [0.25, 0.3) is 0 Å². The predicted molar refractivity (Wildman–Crippen MR) is 54.2 cm³/mol. The Labute approximate surface area is 92.0 Å². The van der Waals surface area contributed by atoms with Gasteiger partial charge in [-0.2, -0.15) is 13.2 Å². The first-order valence-corrected chi connectivity index (χ1v) is 6.18. The largest absolute Gasteiger partial charge is 0.393 e. The van der Waals surface area contributed by atoms with Crippen molar-refractivity contribution in [3.05, 3.63) is 41.6 Å². The number of halogens is 3. The van der Waals surface area contributed by atoms with Gasteiger partial charge >= 0.3 is 6.18 Å². The highest BCUT2D eigenvalue weighted by Gasteiger charge is 2.27. The normalized spacial score (nSPS) is 12.8. The lowest BCUT2D eigenvalue weighted by Crippen LogP contribution is -2.11. The first-order chi connectivity index (χ1) is 7.16. The topological polar surface area (TPSA) is 34.1 Å². The molecule has 0 atom stereocenters. The maximum Gasteiger partial charge on any atom is 0.393 e. The van der Waals surface area contributed by atoms with Crippen LogP contribution in [0.1, 0.15) is 11.1 Å². The van der Waals surface area contributed by atoms with E-state index >= 15 is 0 Å². The average Bonchev–Trinajstić information content (AvgIpc) is 1.96. The number of benzene rings is 1. The highest BCUT2D eigenvalue weighted by molar-refractivity contribution is 7.91. The molecule has 0 fully saturated rings. The molecule has 0 saturated carbocycles. The van der Waals surface area contributed by atoms with E-state index in [1.807, 2.05) is 0 Å². The van der Waals surface area contributed by atoms with E-state index in [2.05, 4.69) is 6.26 Å². The molecule has 0 spiro atoms. The molecule has 2 nitrogen and oxygen atoms in total. The molecule has 0 unspecified atom stereocenters. The van der Waals surface area contributed by atoms with Gasteiger partial charge in [0.15, 0.2) is 9.84 Å². The van der Waals surface area contributed by atoms with E-state index in [4.69, 9.17) is 0 Å². The van der Waals surface area contributed by atoms with E-state index < -0.39 is 22.4 Å². The summed E-state index contributed by atoms with van der Waals surface area (Å²) in [5.74, 6) is -0.349. The second-order valence-electron chi connectivity index (χ2n) is 3.50. The summed E-state index contributed by atoms with van der Waals surface area (Å²) in [4.78, 5) is 0. The van der Waals surface area contributed by atoms with Crippen molar-refractivity contribution in [2.45, 2.75) is 18.3 Å². The Bertz CT molecular complexity index is 463. The van der Waals surface area contributed by atoms with Crippen LogP contribution in [0.4, 0.5) is 13.2 Å². The summed E-state index contributed by atoms with van der Waals surface area (Å²) in [5.41, 5.74) is 0.366. The molecule has 0 heterocycles. The summed E-state index contributed by atoms with van der Waals surface area (Å²) in [6.45, 7) is 0. The highest BCUT2D eigenvalue weighted by Crippen LogP contribution is 2.22. The lowest BCUT2D eigenvalue weighted by molar-refractivity contribution is -0.127. The van der Waals surface area contributed by atoms with Gasteiger partial charge in [-0.05, 0) is 11.1 Å². The molecule has 0 bridgehead atoms. The van der Waals surface area contributed by atoms with Crippen LogP contribution in [0.15, 0.2) is 24.3 Å². The first-order valence-electron chi connectivity index (χ1n) is 4.36. The standard InChI is InChI=1S/C10H10F3O2S/c1-16(14,15)7-9-4-2-3-8(5-9)6-10(11,12)13/h2-5H,1,6-7H2. The highest BCUT2D eigenvalue weighted by atomic mass is 32.2. The van der Waals surface area contributed by atoms with Gasteiger partial charge in [-0.25, -0.2) is 8.42 Å². The number of hydrogen-bond donors (Lipinski definition) is 0. The molecule has 16 heavy (non-hydrogen) atoms. The van der Waals surface area contributed by atoms with E-state index in [-0.39, 0.29) is 11.3 Å². The zero-order valence-electron chi connectivity index (χ0n) is 8.29. The van der Waals surface area contributed by atoms with Gasteiger partial charge in [0.1, 0.15) is 0 Å².